The molecule has 4 rings (SSSR count). The molecule has 0 unspecified atom stereocenters. The van der Waals surface area contributed by atoms with Crippen molar-refractivity contribution < 1.29 is 14.3 Å². The van der Waals surface area contributed by atoms with Gasteiger partial charge in [-0.25, -0.2) is 0 Å². The van der Waals surface area contributed by atoms with E-state index in [1.165, 1.54) is 18.4 Å². The molecule has 0 aliphatic heterocycles. The van der Waals surface area contributed by atoms with Crippen LogP contribution in [0.3, 0.4) is 0 Å². The molecule has 1 heterocycles. The Morgan fingerprint density at radius 3 is 2.42 bits per heavy atom. The lowest BCUT2D eigenvalue weighted by Gasteiger charge is -2.10. The third-order valence-corrected chi connectivity index (χ3v) is 4.18. The molecule has 0 spiro atoms. The van der Waals surface area contributed by atoms with Gasteiger partial charge in [-0.1, -0.05) is 48.5 Å². The first-order valence-corrected chi connectivity index (χ1v) is 8.23. The molecule has 26 heavy (non-hydrogen) atoms. The lowest BCUT2D eigenvalue weighted by atomic mass is 10.1. The van der Waals surface area contributed by atoms with Crippen LogP contribution in [0.1, 0.15) is 5.56 Å². The van der Waals surface area contributed by atoms with Crippen molar-refractivity contribution >= 4 is 11.0 Å². The molecule has 128 valence electrons. The van der Waals surface area contributed by atoms with E-state index in [0.717, 1.165) is 5.56 Å². The summed E-state index contributed by atoms with van der Waals surface area (Å²) in [5, 5.41) is 9.86. The second-order valence-electron chi connectivity index (χ2n) is 5.93. The van der Waals surface area contributed by atoms with Gasteiger partial charge in [0.15, 0.2) is 0 Å². The van der Waals surface area contributed by atoms with Crippen LogP contribution in [-0.2, 0) is 6.61 Å². The van der Waals surface area contributed by atoms with Gasteiger partial charge in [0.05, 0.1) is 5.56 Å². The van der Waals surface area contributed by atoms with Crippen LogP contribution in [0.2, 0.25) is 0 Å². The van der Waals surface area contributed by atoms with Crippen molar-refractivity contribution in [2.24, 2.45) is 0 Å². The Morgan fingerprint density at radius 2 is 1.65 bits per heavy atom. The highest BCUT2D eigenvalue weighted by molar-refractivity contribution is 5.87. The van der Waals surface area contributed by atoms with Crippen molar-refractivity contribution in [1.82, 2.24) is 0 Å². The maximum Gasteiger partial charge on any atom is 0.204 e. The summed E-state index contributed by atoms with van der Waals surface area (Å²) in [5.41, 5.74) is 2.43. The zero-order chi connectivity index (χ0) is 17.9. The van der Waals surface area contributed by atoms with Gasteiger partial charge in [0.1, 0.15) is 35.3 Å². The number of phenols is 1. The zero-order valence-corrected chi connectivity index (χ0v) is 13.9. The number of aromatic hydroxyl groups is 1. The molecule has 0 fully saturated rings. The van der Waals surface area contributed by atoms with E-state index in [9.17, 15) is 9.90 Å². The van der Waals surface area contributed by atoms with Crippen LogP contribution in [0, 0.1) is 0 Å². The third-order valence-electron chi connectivity index (χ3n) is 4.18. The van der Waals surface area contributed by atoms with Gasteiger partial charge < -0.3 is 14.3 Å². The molecule has 4 aromatic rings. The van der Waals surface area contributed by atoms with E-state index in [1.54, 1.807) is 30.3 Å². The molecule has 0 atom stereocenters. The summed E-state index contributed by atoms with van der Waals surface area (Å²) in [5.74, 6) is 0.631. The quantitative estimate of drug-likeness (QED) is 0.581. The molecule has 4 heteroatoms. The second kappa shape index (κ2) is 6.76. The van der Waals surface area contributed by atoms with E-state index in [4.69, 9.17) is 9.15 Å². The number of rotatable bonds is 4. The van der Waals surface area contributed by atoms with Crippen molar-refractivity contribution in [1.29, 1.82) is 0 Å². The molecule has 0 amide bonds. The van der Waals surface area contributed by atoms with Gasteiger partial charge in [-0.2, -0.15) is 0 Å². The number of ether oxygens (including phenoxy) is 1. The fourth-order valence-electron chi connectivity index (χ4n) is 2.84. The fraction of sp³-hybridized carbons (Fsp3) is 0.0455. The first-order chi connectivity index (χ1) is 12.7. The van der Waals surface area contributed by atoms with Gasteiger partial charge in [-0.15, -0.1) is 0 Å². The number of hydrogen-bond acceptors (Lipinski definition) is 4. The molecule has 3 aromatic carbocycles. The van der Waals surface area contributed by atoms with Gasteiger partial charge >= 0.3 is 0 Å². The SMILES string of the molecule is O=c1c(-c2ccc(O)cc2)coc2cccc(OCc3ccccc3)c12. The Kier molecular flexibility index (Phi) is 4.15. The van der Waals surface area contributed by atoms with Crippen LogP contribution in [0.5, 0.6) is 11.5 Å². The predicted octanol–water partition coefficient (Wildman–Crippen LogP) is 4.74. The minimum Gasteiger partial charge on any atom is -0.508 e. The molecule has 1 N–H and O–H groups in total. The van der Waals surface area contributed by atoms with Gasteiger partial charge in [-0.05, 0) is 35.4 Å². The van der Waals surface area contributed by atoms with E-state index in [2.05, 4.69) is 0 Å². The summed E-state index contributed by atoms with van der Waals surface area (Å²) in [6.07, 6.45) is 1.44. The summed E-state index contributed by atoms with van der Waals surface area (Å²) < 4.78 is 11.6. The Morgan fingerprint density at radius 1 is 0.885 bits per heavy atom. The van der Waals surface area contributed by atoms with Crippen LogP contribution in [0.15, 0.2) is 88.3 Å². The van der Waals surface area contributed by atoms with Crippen LogP contribution in [0.4, 0.5) is 0 Å². The number of phenolic OH excluding ortho intramolecular Hbond substituents is 1. The van der Waals surface area contributed by atoms with Crippen molar-refractivity contribution in [3.8, 4) is 22.6 Å². The normalized spacial score (nSPS) is 10.8. The molecule has 0 saturated carbocycles. The summed E-state index contributed by atoms with van der Waals surface area (Å²) in [6.45, 7) is 0.364. The topological polar surface area (TPSA) is 59.7 Å². The van der Waals surface area contributed by atoms with Gasteiger partial charge in [-0.3, -0.25) is 4.79 Å². The monoisotopic (exact) mass is 344 g/mol. The van der Waals surface area contributed by atoms with Gasteiger partial charge in [0, 0.05) is 0 Å². The van der Waals surface area contributed by atoms with Crippen molar-refractivity contribution in [2.75, 3.05) is 0 Å². The van der Waals surface area contributed by atoms with Crippen LogP contribution >= 0.6 is 0 Å². The van der Waals surface area contributed by atoms with Crippen LogP contribution in [0.25, 0.3) is 22.1 Å². The first-order valence-electron chi connectivity index (χ1n) is 8.23. The van der Waals surface area contributed by atoms with Crippen molar-refractivity contribution in [3.05, 3.63) is 94.8 Å². The lowest BCUT2D eigenvalue weighted by Crippen LogP contribution is -2.07. The highest BCUT2D eigenvalue weighted by Gasteiger charge is 2.13. The van der Waals surface area contributed by atoms with E-state index in [-0.39, 0.29) is 11.2 Å². The number of hydrogen-bond donors (Lipinski definition) is 1. The van der Waals surface area contributed by atoms with Gasteiger partial charge in [0.2, 0.25) is 5.43 Å². The maximum atomic E-state index is 13.0. The van der Waals surface area contributed by atoms with E-state index >= 15 is 0 Å². The molecule has 0 saturated heterocycles. The maximum absolute atomic E-state index is 13.0. The Bertz CT molecular complexity index is 1100. The summed E-state index contributed by atoms with van der Waals surface area (Å²) >= 11 is 0. The Labute approximate surface area is 149 Å². The Hall–Kier alpha value is -3.53. The smallest absolute Gasteiger partial charge is 0.204 e. The Balaban J connectivity index is 1.77. The number of fused-ring (bicyclic) bond motifs is 1. The predicted molar refractivity (Wildman–Crippen MR) is 100 cm³/mol. The first kappa shape index (κ1) is 16.0. The molecular weight excluding hydrogens is 328 g/mol. The summed E-state index contributed by atoms with van der Waals surface area (Å²) in [7, 11) is 0. The fourth-order valence-corrected chi connectivity index (χ4v) is 2.84. The highest BCUT2D eigenvalue weighted by Crippen LogP contribution is 2.27. The highest BCUT2D eigenvalue weighted by atomic mass is 16.5. The molecule has 4 nitrogen and oxygen atoms in total. The molecule has 0 aliphatic carbocycles. The van der Waals surface area contributed by atoms with E-state index < -0.39 is 0 Å². The van der Waals surface area contributed by atoms with Crippen molar-refractivity contribution in [2.45, 2.75) is 6.61 Å². The average Bonchev–Trinajstić information content (AvgIpc) is 2.68. The minimum absolute atomic E-state index is 0.144. The molecule has 0 aliphatic rings. The number of benzene rings is 3. The van der Waals surface area contributed by atoms with Gasteiger partial charge in [0.25, 0.3) is 0 Å². The minimum atomic E-state index is -0.166. The van der Waals surface area contributed by atoms with E-state index in [0.29, 0.717) is 34.5 Å². The summed E-state index contributed by atoms with van der Waals surface area (Å²) in [4.78, 5) is 13.0. The molecule has 1 aromatic heterocycles. The van der Waals surface area contributed by atoms with Crippen molar-refractivity contribution in [3.63, 3.8) is 0 Å². The van der Waals surface area contributed by atoms with Crippen LogP contribution in [-0.4, -0.2) is 5.11 Å². The summed E-state index contributed by atoms with van der Waals surface area (Å²) in [6, 6.07) is 21.5. The zero-order valence-electron chi connectivity index (χ0n) is 13.9. The standard InChI is InChI=1S/C22H16O4/c23-17-11-9-16(10-12-17)18-14-26-20-8-4-7-19(21(20)22(18)24)25-13-15-5-2-1-3-6-15/h1-12,14,23H,13H2. The average molecular weight is 344 g/mol. The molecule has 0 bridgehead atoms. The second-order valence-corrected chi connectivity index (χ2v) is 5.93. The lowest BCUT2D eigenvalue weighted by molar-refractivity contribution is 0.309. The third kappa shape index (κ3) is 3.05. The largest absolute Gasteiger partial charge is 0.508 e. The molecular formula is C22H16O4. The van der Waals surface area contributed by atoms with E-state index in [1.807, 2.05) is 30.3 Å². The molecule has 0 radical (unpaired) electrons. The van der Waals surface area contributed by atoms with Crippen LogP contribution < -0.4 is 10.2 Å².